The topological polar surface area (TPSA) is 53.0 Å². The van der Waals surface area contributed by atoms with Crippen LogP contribution in [0.4, 0.5) is 11.4 Å². The number of hydrogen-bond donors (Lipinski definition) is 1. The van der Waals surface area contributed by atoms with E-state index in [-0.39, 0.29) is 6.04 Å². The minimum Gasteiger partial charge on any atom is -0.345 e. The average Bonchev–Trinajstić information content (AvgIpc) is 2.46. The molecule has 0 aromatic heterocycles. The summed E-state index contributed by atoms with van der Waals surface area (Å²) in [6.07, 6.45) is 0. The van der Waals surface area contributed by atoms with Crippen LogP contribution in [0.1, 0.15) is 24.1 Å². The van der Waals surface area contributed by atoms with Crippen molar-refractivity contribution in [3.05, 3.63) is 59.7 Å². The smallest absolute Gasteiger partial charge is 0.0991 e. The molecule has 0 saturated heterocycles. The van der Waals surface area contributed by atoms with Crippen LogP contribution in [0.5, 0.6) is 0 Å². The van der Waals surface area contributed by atoms with Crippen LogP contribution < -0.4 is 10.6 Å². The Bertz CT molecular complexity index is 577. The van der Waals surface area contributed by atoms with Gasteiger partial charge in [-0.05, 0) is 48.9 Å². The van der Waals surface area contributed by atoms with Gasteiger partial charge in [-0.2, -0.15) is 5.26 Å². The molecular weight excluding hydrogens is 234 g/mol. The predicted octanol–water partition coefficient (Wildman–Crippen LogP) is 3.35. The molecule has 2 aromatic carbocycles. The Hall–Kier alpha value is -2.31. The molecule has 0 spiro atoms. The largest absolute Gasteiger partial charge is 0.345 e. The summed E-state index contributed by atoms with van der Waals surface area (Å²) in [5, 5.41) is 8.79. The minimum absolute atomic E-state index is 0.0502. The first-order chi connectivity index (χ1) is 9.11. The van der Waals surface area contributed by atoms with Gasteiger partial charge >= 0.3 is 0 Å². The van der Waals surface area contributed by atoms with Crippen molar-refractivity contribution in [2.45, 2.75) is 13.0 Å². The van der Waals surface area contributed by atoms with Gasteiger partial charge in [0.2, 0.25) is 0 Å². The van der Waals surface area contributed by atoms with E-state index in [4.69, 9.17) is 11.0 Å². The lowest BCUT2D eigenvalue weighted by Gasteiger charge is -2.20. The summed E-state index contributed by atoms with van der Waals surface area (Å²) in [7, 11) is 2.00. The van der Waals surface area contributed by atoms with Gasteiger partial charge < -0.3 is 10.6 Å². The van der Waals surface area contributed by atoms with Crippen LogP contribution in [-0.2, 0) is 0 Å². The third-order valence-electron chi connectivity index (χ3n) is 3.19. The molecule has 0 radical (unpaired) electrons. The number of nitrogens with two attached hydrogens (primary N) is 1. The first kappa shape index (κ1) is 13.1. The summed E-state index contributed by atoms with van der Waals surface area (Å²) < 4.78 is 0. The number of hydrogen-bond acceptors (Lipinski definition) is 3. The van der Waals surface area contributed by atoms with Crippen LogP contribution in [0.3, 0.4) is 0 Å². The molecule has 0 aliphatic rings. The molecule has 0 fully saturated rings. The molecule has 0 bridgehead atoms. The highest BCUT2D eigenvalue weighted by molar-refractivity contribution is 5.63. The molecule has 3 nitrogen and oxygen atoms in total. The van der Waals surface area contributed by atoms with E-state index in [2.05, 4.69) is 23.1 Å². The van der Waals surface area contributed by atoms with Gasteiger partial charge in [0.05, 0.1) is 11.6 Å². The molecule has 96 valence electrons. The highest BCUT2D eigenvalue weighted by Gasteiger charge is 2.05. The van der Waals surface area contributed by atoms with E-state index in [1.807, 2.05) is 50.4 Å². The van der Waals surface area contributed by atoms with E-state index in [0.717, 1.165) is 16.9 Å². The predicted molar refractivity (Wildman–Crippen MR) is 78.3 cm³/mol. The van der Waals surface area contributed by atoms with Crippen molar-refractivity contribution < 1.29 is 0 Å². The fourth-order valence-corrected chi connectivity index (χ4v) is 1.91. The van der Waals surface area contributed by atoms with Crippen molar-refractivity contribution in [2.75, 3.05) is 11.9 Å². The number of nitrogens with zero attached hydrogens (tertiary/aromatic N) is 2. The maximum Gasteiger partial charge on any atom is 0.0991 e. The molecule has 3 heteroatoms. The summed E-state index contributed by atoms with van der Waals surface area (Å²) in [4.78, 5) is 2.08. The van der Waals surface area contributed by atoms with E-state index in [1.165, 1.54) is 0 Å². The van der Waals surface area contributed by atoms with E-state index >= 15 is 0 Å². The molecule has 0 saturated carbocycles. The molecule has 0 aliphatic heterocycles. The zero-order valence-electron chi connectivity index (χ0n) is 11.2. The van der Waals surface area contributed by atoms with E-state index in [1.54, 1.807) is 0 Å². The Morgan fingerprint density at radius 2 is 1.47 bits per heavy atom. The van der Waals surface area contributed by atoms with Gasteiger partial charge in [0, 0.05) is 24.5 Å². The number of benzene rings is 2. The van der Waals surface area contributed by atoms with Crippen LogP contribution >= 0.6 is 0 Å². The van der Waals surface area contributed by atoms with E-state index < -0.39 is 0 Å². The second-order valence-electron chi connectivity index (χ2n) is 4.60. The van der Waals surface area contributed by atoms with Crippen molar-refractivity contribution in [2.24, 2.45) is 5.73 Å². The number of nitriles is 1. The highest BCUT2D eigenvalue weighted by atomic mass is 15.1. The monoisotopic (exact) mass is 251 g/mol. The van der Waals surface area contributed by atoms with Crippen molar-refractivity contribution >= 4 is 11.4 Å². The Kier molecular flexibility index (Phi) is 3.84. The van der Waals surface area contributed by atoms with Crippen molar-refractivity contribution in [1.82, 2.24) is 0 Å². The summed E-state index contributed by atoms with van der Waals surface area (Å²) >= 11 is 0. The van der Waals surface area contributed by atoms with Gasteiger partial charge in [0.15, 0.2) is 0 Å². The van der Waals surface area contributed by atoms with E-state index in [9.17, 15) is 0 Å². The van der Waals surface area contributed by atoms with Gasteiger partial charge in [-0.15, -0.1) is 0 Å². The van der Waals surface area contributed by atoms with Gasteiger partial charge in [-0.25, -0.2) is 0 Å². The van der Waals surface area contributed by atoms with Crippen LogP contribution in [-0.4, -0.2) is 7.05 Å². The SMILES string of the molecule is C[C@H](N)c1ccc(N(C)c2ccc(C#N)cc2)cc1. The zero-order valence-corrected chi connectivity index (χ0v) is 11.2. The molecule has 2 rings (SSSR count). The first-order valence-corrected chi connectivity index (χ1v) is 6.21. The van der Waals surface area contributed by atoms with Crippen LogP contribution in [0.15, 0.2) is 48.5 Å². The summed E-state index contributed by atoms with van der Waals surface area (Å²) in [5.41, 5.74) is 9.77. The Balaban J connectivity index is 2.23. The fraction of sp³-hybridized carbons (Fsp3) is 0.188. The highest BCUT2D eigenvalue weighted by Crippen LogP contribution is 2.24. The van der Waals surface area contributed by atoms with Crippen LogP contribution in [0.2, 0.25) is 0 Å². The maximum absolute atomic E-state index is 8.79. The third kappa shape index (κ3) is 2.93. The lowest BCUT2D eigenvalue weighted by molar-refractivity contribution is 0.818. The number of anilines is 2. The lowest BCUT2D eigenvalue weighted by atomic mass is 10.1. The Morgan fingerprint density at radius 3 is 1.89 bits per heavy atom. The zero-order chi connectivity index (χ0) is 13.8. The molecule has 2 N–H and O–H groups in total. The average molecular weight is 251 g/mol. The van der Waals surface area contributed by atoms with E-state index in [0.29, 0.717) is 5.56 Å². The van der Waals surface area contributed by atoms with Gasteiger partial charge in [0.1, 0.15) is 0 Å². The molecule has 1 atom stereocenters. The fourth-order valence-electron chi connectivity index (χ4n) is 1.91. The minimum atomic E-state index is 0.0502. The molecular formula is C16H17N3. The van der Waals surface area contributed by atoms with Gasteiger partial charge in [-0.1, -0.05) is 12.1 Å². The standard InChI is InChI=1S/C16H17N3/c1-12(18)14-5-9-16(10-6-14)19(2)15-7-3-13(11-17)4-8-15/h3-10,12H,18H2,1-2H3/t12-/m0/s1. The summed E-state index contributed by atoms with van der Waals surface area (Å²) in [6.45, 7) is 1.97. The lowest BCUT2D eigenvalue weighted by Crippen LogP contribution is -2.10. The quantitative estimate of drug-likeness (QED) is 0.910. The second-order valence-corrected chi connectivity index (χ2v) is 4.60. The molecule has 19 heavy (non-hydrogen) atoms. The molecule has 0 amide bonds. The maximum atomic E-state index is 8.79. The Morgan fingerprint density at radius 1 is 1.00 bits per heavy atom. The molecule has 2 aromatic rings. The van der Waals surface area contributed by atoms with Crippen molar-refractivity contribution in [3.63, 3.8) is 0 Å². The molecule has 0 aliphatic carbocycles. The Labute approximate surface area is 113 Å². The van der Waals surface area contributed by atoms with Gasteiger partial charge in [0.25, 0.3) is 0 Å². The van der Waals surface area contributed by atoms with Gasteiger partial charge in [-0.3, -0.25) is 0 Å². The van der Waals surface area contributed by atoms with Crippen molar-refractivity contribution in [3.8, 4) is 6.07 Å². The molecule has 0 unspecified atom stereocenters. The van der Waals surface area contributed by atoms with Crippen LogP contribution in [0, 0.1) is 11.3 Å². The normalized spacial score (nSPS) is 11.7. The summed E-state index contributed by atoms with van der Waals surface area (Å²) in [5.74, 6) is 0. The van der Waals surface area contributed by atoms with Crippen molar-refractivity contribution in [1.29, 1.82) is 5.26 Å². The third-order valence-corrected chi connectivity index (χ3v) is 3.19. The molecule has 0 heterocycles. The summed E-state index contributed by atoms with van der Waals surface area (Å²) in [6, 6.07) is 17.9. The van der Waals surface area contributed by atoms with Crippen LogP contribution in [0.25, 0.3) is 0 Å². The second kappa shape index (κ2) is 5.55. The first-order valence-electron chi connectivity index (χ1n) is 6.21. The number of rotatable bonds is 3.